The highest BCUT2D eigenvalue weighted by atomic mass is 19.1. The second-order valence-corrected chi connectivity index (χ2v) is 4.27. The predicted molar refractivity (Wildman–Crippen MR) is 62.1 cm³/mol. The summed E-state index contributed by atoms with van der Waals surface area (Å²) in [6.45, 7) is 0.769. The van der Waals surface area contributed by atoms with Crippen LogP contribution in [0.5, 0.6) is 0 Å². The average Bonchev–Trinajstić information content (AvgIpc) is 2.89. The Bertz CT molecular complexity index is 536. The van der Waals surface area contributed by atoms with Gasteiger partial charge < -0.3 is 4.74 Å². The summed E-state index contributed by atoms with van der Waals surface area (Å²) in [4.78, 5) is 0. The van der Waals surface area contributed by atoms with E-state index in [-0.39, 0.29) is 6.23 Å². The molecule has 2 aromatic heterocycles. The van der Waals surface area contributed by atoms with Crippen molar-refractivity contribution >= 4 is 0 Å². The van der Waals surface area contributed by atoms with Crippen LogP contribution in [0.3, 0.4) is 0 Å². The van der Waals surface area contributed by atoms with Gasteiger partial charge in [0.05, 0.1) is 11.9 Å². The molecule has 0 amide bonds. The highest BCUT2D eigenvalue weighted by Gasteiger charge is 2.16. The van der Waals surface area contributed by atoms with Gasteiger partial charge in [0, 0.05) is 24.4 Å². The Hall–Kier alpha value is -1.82. The SMILES string of the molecule is Fc1cc(-c2ccn(C3CCCCO3)n2)cnn1. The molecule has 0 spiro atoms. The Balaban J connectivity index is 1.84. The molecule has 0 N–H and O–H groups in total. The molecule has 6 heteroatoms. The lowest BCUT2D eigenvalue weighted by Crippen LogP contribution is -2.18. The lowest BCUT2D eigenvalue weighted by atomic mass is 10.2. The van der Waals surface area contributed by atoms with Crippen LogP contribution in [0.1, 0.15) is 25.5 Å². The van der Waals surface area contributed by atoms with Crippen LogP contribution in [-0.2, 0) is 4.74 Å². The van der Waals surface area contributed by atoms with E-state index >= 15 is 0 Å². The summed E-state index contributed by atoms with van der Waals surface area (Å²) in [6, 6.07) is 3.15. The largest absolute Gasteiger partial charge is 0.357 e. The maximum absolute atomic E-state index is 13.0. The van der Waals surface area contributed by atoms with E-state index in [9.17, 15) is 4.39 Å². The first-order chi connectivity index (χ1) is 8.83. The highest BCUT2D eigenvalue weighted by molar-refractivity contribution is 5.56. The molecule has 0 aliphatic carbocycles. The summed E-state index contributed by atoms with van der Waals surface area (Å²) in [5.74, 6) is -0.601. The Kier molecular flexibility index (Phi) is 3.02. The second kappa shape index (κ2) is 4.81. The first kappa shape index (κ1) is 11.3. The van der Waals surface area contributed by atoms with Gasteiger partial charge in [0.1, 0.15) is 6.23 Å². The summed E-state index contributed by atoms with van der Waals surface area (Å²) >= 11 is 0. The van der Waals surface area contributed by atoms with Gasteiger partial charge in [-0.15, -0.1) is 5.10 Å². The second-order valence-electron chi connectivity index (χ2n) is 4.27. The summed E-state index contributed by atoms with van der Waals surface area (Å²) < 4.78 is 20.4. The first-order valence-corrected chi connectivity index (χ1v) is 5.98. The molecule has 94 valence electrons. The molecule has 18 heavy (non-hydrogen) atoms. The molecule has 1 aliphatic heterocycles. The fourth-order valence-electron chi connectivity index (χ4n) is 2.07. The average molecular weight is 248 g/mol. The maximum Gasteiger partial charge on any atom is 0.233 e. The van der Waals surface area contributed by atoms with Gasteiger partial charge >= 0.3 is 0 Å². The van der Waals surface area contributed by atoms with Gasteiger partial charge in [-0.2, -0.15) is 14.6 Å². The van der Waals surface area contributed by atoms with Crippen LogP contribution >= 0.6 is 0 Å². The number of ether oxygens (including phenoxy) is 1. The smallest absolute Gasteiger partial charge is 0.233 e. The van der Waals surface area contributed by atoms with E-state index in [1.807, 2.05) is 12.3 Å². The first-order valence-electron chi connectivity index (χ1n) is 5.98. The van der Waals surface area contributed by atoms with Gasteiger partial charge in [-0.3, -0.25) is 0 Å². The van der Waals surface area contributed by atoms with Crippen molar-refractivity contribution in [2.75, 3.05) is 6.61 Å². The van der Waals surface area contributed by atoms with Gasteiger partial charge in [-0.1, -0.05) is 0 Å². The van der Waals surface area contributed by atoms with Gasteiger partial charge in [-0.25, -0.2) is 4.68 Å². The molecule has 3 rings (SSSR count). The van der Waals surface area contributed by atoms with E-state index in [1.54, 1.807) is 4.68 Å². The molecule has 0 radical (unpaired) electrons. The standard InChI is InChI=1S/C12H13FN4O/c13-11-7-9(8-14-15-11)10-4-5-17(16-10)12-3-1-2-6-18-12/h4-5,7-8,12H,1-3,6H2. The molecule has 0 saturated carbocycles. The van der Waals surface area contributed by atoms with E-state index in [2.05, 4.69) is 15.3 Å². The van der Waals surface area contributed by atoms with Crippen LogP contribution in [0.15, 0.2) is 24.5 Å². The minimum atomic E-state index is -0.601. The van der Waals surface area contributed by atoms with Crippen LogP contribution in [-0.4, -0.2) is 26.6 Å². The molecule has 5 nitrogen and oxygen atoms in total. The zero-order valence-corrected chi connectivity index (χ0v) is 9.79. The lowest BCUT2D eigenvalue weighted by molar-refractivity contribution is -0.0393. The number of hydrogen-bond donors (Lipinski definition) is 0. The molecule has 3 heterocycles. The topological polar surface area (TPSA) is 52.8 Å². The molecule has 1 aliphatic rings. The van der Waals surface area contributed by atoms with Crippen LogP contribution in [0.4, 0.5) is 4.39 Å². The summed E-state index contributed by atoms with van der Waals surface area (Å²) in [5.41, 5.74) is 1.30. The number of rotatable bonds is 2. The van der Waals surface area contributed by atoms with Gasteiger partial charge in [0.25, 0.3) is 0 Å². The lowest BCUT2D eigenvalue weighted by Gasteiger charge is -2.22. The molecule has 2 aromatic rings. The van der Waals surface area contributed by atoms with Crippen LogP contribution in [0, 0.1) is 5.95 Å². The predicted octanol–water partition coefficient (Wildman–Crippen LogP) is 2.18. The van der Waals surface area contributed by atoms with E-state index < -0.39 is 5.95 Å². The number of hydrogen-bond acceptors (Lipinski definition) is 4. The van der Waals surface area contributed by atoms with E-state index in [4.69, 9.17) is 4.74 Å². The Morgan fingerprint density at radius 1 is 1.39 bits per heavy atom. The molecule has 1 atom stereocenters. The van der Waals surface area contributed by atoms with Crippen LogP contribution in [0.25, 0.3) is 11.3 Å². The molecule has 0 bridgehead atoms. The van der Waals surface area contributed by atoms with E-state index in [0.717, 1.165) is 25.9 Å². The van der Waals surface area contributed by atoms with Crippen molar-refractivity contribution in [3.8, 4) is 11.3 Å². The zero-order valence-electron chi connectivity index (χ0n) is 9.79. The molecule has 1 fully saturated rings. The van der Waals surface area contributed by atoms with Crippen molar-refractivity contribution in [1.29, 1.82) is 0 Å². The minimum Gasteiger partial charge on any atom is -0.357 e. The zero-order chi connectivity index (χ0) is 12.4. The molecule has 1 saturated heterocycles. The third kappa shape index (κ3) is 2.24. The Morgan fingerprint density at radius 2 is 2.33 bits per heavy atom. The van der Waals surface area contributed by atoms with E-state index in [0.29, 0.717) is 11.3 Å². The van der Waals surface area contributed by atoms with Crippen molar-refractivity contribution in [3.63, 3.8) is 0 Å². The van der Waals surface area contributed by atoms with Crippen molar-refractivity contribution in [2.24, 2.45) is 0 Å². The Labute approximate surface area is 104 Å². The maximum atomic E-state index is 13.0. The molecule has 1 unspecified atom stereocenters. The van der Waals surface area contributed by atoms with Crippen molar-refractivity contribution in [2.45, 2.75) is 25.5 Å². The summed E-state index contributed by atoms with van der Waals surface area (Å²) in [5, 5.41) is 11.3. The molecular formula is C12H13FN4O. The number of halogens is 1. The van der Waals surface area contributed by atoms with Gasteiger partial charge in [0.2, 0.25) is 5.95 Å². The fourth-order valence-corrected chi connectivity index (χ4v) is 2.07. The molecule has 0 aromatic carbocycles. The number of aromatic nitrogens is 4. The van der Waals surface area contributed by atoms with Crippen LogP contribution in [0.2, 0.25) is 0 Å². The summed E-state index contributed by atoms with van der Waals surface area (Å²) in [7, 11) is 0. The fraction of sp³-hybridized carbons (Fsp3) is 0.417. The van der Waals surface area contributed by atoms with Crippen molar-refractivity contribution in [3.05, 3.63) is 30.5 Å². The number of nitrogens with zero attached hydrogens (tertiary/aromatic N) is 4. The van der Waals surface area contributed by atoms with E-state index in [1.165, 1.54) is 12.3 Å². The summed E-state index contributed by atoms with van der Waals surface area (Å²) in [6.07, 6.45) is 6.55. The van der Waals surface area contributed by atoms with Crippen molar-refractivity contribution in [1.82, 2.24) is 20.0 Å². The quantitative estimate of drug-likeness (QED) is 0.817. The third-order valence-electron chi connectivity index (χ3n) is 2.98. The van der Waals surface area contributed by atoms with Crippen molar-refractivity contribution < 1.29 is 9.13 Å². The molecular weight excluding hydrogens is 235 g/mol. The monoisotopic (exact) mass is 248 g/mol. The minimum absolute atomic E-state index is 0.00727. The Morgan fingerprint density at radius 3 is 3.11 bits per heavy atom. The van der Waals surface area contributed by atoms with Gasteiger partial charge in [-0.05, 0) is 25.3 Å². The highest BCUT2D eigenvalue weighted by Crippen LogP contribution is 2.24. The van der Waals surface area contributed by atoms with Gasteiger partial charge in [0.15, 0.2) is 0 Å². The third-order valence-corrected chi connectivity index (χ3v) is 2.98. The van der Waals surface area contributed by atoms with Crippen LogP contribution < -0.4 is 0 Å². The normalized spacial score (nSPS) is 19.9.